The maximum Gasteiger partial charge on any atom is 0.306 e. The Morgan fingerprint density at radius 2 is 0.719 bits per heavy atom. The second-order valence-electron chi connectivity index (χ2n) is 14.0. The first-order chi connectivity index (χ1) is 28.0. The van der Waals surface area contributed by atoms with E-state index in [0.29, 0.717) is 12.8 Å². The summed E-state index contributed by atoms with van der Waals surface area (Å²) in [5.74, 6) is -1.01. The number of rotatable bonds is 37. The fourth-order valence-corrected chi connectivity index (χ4v) is 5.38. The molecule has 6 heteroatoms. The zero-order valence-electron chi connectivity index (χ0n) is 36.0. The van der Waals surface area contributed by atoms with Crippen molar-refractivity contribution in [2.45, 2.75) is 168 Å². The van der Waals surface area contributed by atoms with Gasteiger partial charge in [-0.3, -0.25) is 14.4 Å². The minimum atomic E-state index is -0.814. The molecule has 0 aliphatic heterocycles. The van der Waals surface area contributed by atoms with Gasteiger partial charge in [0.05, 0.1) is 0 Å². The van der Waals surface area contributed by atoms with Crippen LogP contribution in [0, 0.1) is 0 Å². The van der Waals surface area contributed by atoms with E-state index in [2.05, 4.69) is 93.7 Å². The average Bonchev–Trinajstić information content (AvgIpc) is 3.21. The second kappa shape index (κ2) is 44.5. The van der Waals surface area contributed by atoms with Crippen LogP contribution in [0.4, 0.5) is 0 Å². The van der Waals surface area contributed by atoms with Gasteiger partial charge in [0.15, 0.2) is 6.10 Å². The van der Waals surface area contributed by atoms with Crippen molar-refractivity contribution in [1.82, 2.24) is 0 Å². The van der Waals surface area contributed by atoms with Crippen LogP contribution in [0.25, 0.3) is 0 Å². The lowest BCUT2D eigenvalue weighted by atomic mass is 10.1. The van der Waals surface area contributed by atoms with Gasteiger partial charge in [0, 0.05) is 19.3 Å². The Kier molecular flexibility index (Phi) is 41.3. The number of unbranched alkanes of at least 4 members (excludes halogenated alkanes) is 12. The smallest absolute Gasteiger partial charge is 0.306 e. The number of carbonyl (C=O) groups is 3. The summed E-state index contributed by atoms with van der Waals surface area (Å²) >= 11 is 0. The van der Waals surface area contributed by atoms with Crippen molar-refractivity contribution in [2.75, 3.05) is 13.2 Å². The normalized spacial score (nSPS) is 13.2. The Bertz CT molecular complexity index is 1270. The Morgan fingerprint density at radius 3 is 1.21 bits per heavy atom. The molecule has 318 valence electrons. The third-order valence-electron chi connectivity index (χ3n) is 8.63. The molecule has 0 radical (unpaired) electrons. The average molecular weight is 787 g/mol. The topological polar surface area (TPSA) is 78.9 Å². The summed E-state index contributed by atoms with van der Waals surface area (Å²) in [6, 6.07) is 0. The van der Waals surface area contributed by atoms with E-state index in [1.54, 1.807) is 0 Å². The highest BCUT2D eigenvalue weighted by Gasteiger charge is 2.19. The minimum absolute atomic E-state index is 0.115. The number of carbonyl (C=O) groups excluding carboxylic acids is 3. The van der Waals surface area contributed by atoms with Gasteiger partial charge in [-0.15, -0.1) is 0 Å². The molecular weight excluding hydrogens is 709 g/mol. The van der Waals surface area contributed by atoms with Gasteiger partial charge in [0.1, 0.15) is 13.2 Å². The number of esters is 3. The molecule has 0 amide bonds. The first-order valence-corrected chi connectivity index (χ1v) is 22.1. The molecule has 57 heavy (non-hydrogen) atoms. The Morgan fingerprint density at radius 1 is 0.368 bits per heavy atom. The van der Waals surface area contributed by atoms with E-state index in [0.717, 1.165) is 122 Å². The number of hydrogen-bond donors (Lipinski definition) is 0. The molecule has 0 aromatic heterocycles. The van der Waals surface area contributed by atoms with Gasteiger partial charge in [-0.2, -0.15) is 0 Å². The van der Waals surface area contributed by atoms with Crippen LogP contribution in [-0.2, 0) is 28.6 Å². The van der Waals surface area contributed by atoms with Gasteiger partial charge in [-0.25, -0.2) is 0 Å². The SMILES string of the molecule is CC\C=C/C=C\C=C/C=C\CCCCCCCC(=O)OCC(COC(=O)CCCC/C=C\C/C=C\CC)OC(=O)CCCCCCC\C=C/C=C\C=C/C=C\CC. The molecule has 0 saturated carbocycles. The predicted molar refractivity (Wildman–Crippen MR) is 242 cm³/mol. The highest BCUT2D eigenvalue weighted by atomic mass is 16.6. The van der Waals surface area contributed by atoms with Crippen molar-refractivity contribution >= 4 is 17.9 Å². The summed E-state index contributed by atoms with van der Waals surface area (Å²) in [5, 5.41) is 0. The minimum Gasteiger partial charge on any atom is -0.462 e. The fraction of sp³-hybridized carbons (Fsp3) is 0.549. The largest absolute Gasteiger partial charge is 0.462 e. The summed E-state index contributed by atoms with van der Waals surface area (Å²) in [5.41, 5.74) is 0. The van der Waals surface area contributed by atoms with E-state index in [1.165, 1.54) is 0 Å². The summed E-state index contributed by atoms with van der Waals surface area (Å²) in [6.07, 6.45) is 60.4. The van der Waals surface area contributed by atoms with Crippen molar-refractivity contribution in [3.05, 3.63) is 122 Å². The zero-order valence-corrected chi connectivity index (χ0v) is 36.0. The van der Waals surface area contributed by atoms with E-state index >= 15 is 0 Å². The van der Waals surface area contributed by atoms with Crippen LogP contribution in [0.2, 0.25) is 0 Å². The Balaban J connectivity index is 4.51. The highest BCUT2D eigenvalue weighted by Crippen LogP contribution is 2.12. The predicted octanol–water partition coefficient (Wildman–Crippen LogP) is 14.2. The van der Waals surface area contributed by atoms with Crippen LogP contribution in [0.1, 0.15) is 162 Å². The maximum absolute atomic E-state index is 12.7. The molecule has 1 atom stereocenters. The molecule has 0 fully saturated rings. The number of hydrogen-bond acceptors (Lipinski definition) is 6. The Labute approximate surface area is 348 Å². The summed E-state index contributed by atoms with van der Waals surface area (Å²) in [6.45, 7) is 6.12. The molecule has 0 bridgehead atoms. The van der Waals surface area contributed by atoms with Gasteiger partial charge in [-0.05, 0) is 83.5 Å². The van der Waals surface area contributed by atoms with Crippen molar-refractivity contribution in [1.29, 1.82) is 0 Å². The Hall–Kier alpha value is -4.19. The van der Waals surface area contributed by atoms with Crippen molar-refractivity contribution in [3.63, 3.8) is 0 Å². The lowest BCUT2D eigenvalue weighted by Gasteiger charge is -2.18. The van der Waals surface area contributed by atoms with Crippen LogP contribution < -0.4 is 0 Å². The van der Waals surface area contributed by atoms with Crippen molar-refractivity contribution in [3.8, 4) is 0 Å². The molecule has 1 unspecified atom stereocenters. The van der Waals surface area contributed by atoms with Gasteiger partial charge in [-0.1, -0.05) is 181 Å². The highest BCUT2D eigenvalue weighted by molar-refractivity contribution is 5.71. The van der Waals surface area contributed by atoms with E-state index in [9.17, 15) is 14.4 Å². The second-order valence-corrected chi connectivity index (χ2v) is 14.0. The summed E-state index contributed by atoms with van der Waals surface area (Å²) < 4.78 is 16.6. The van der Waals surface area contributed by atoms with Gasteiger partial charge in [0.2, 0.25) is 0 Å². The van der Waals surface area contributed by atoms with Gasteiger partial charge < -0.3 is 14.2 Å². The quantitative estimate of drug-likeness (QED) is 0.0205. The molecule has 0 aromatic rings. The van der Waals surface area contributed by atoms with Gasteiger partial charge in [0.25, 0.3) is 0 Å². The summed E-state index contributed by atoms with van der Waals surface area (Å²) in [7, 11) is 0. The van der Waals surface area contributed by atoms with Crippen LogP contribution in [0.15, 0.2) is 122 Å². The van der Waals surface area contributed by atoms with Crippen molar-refractivity contribution < 1.29 is 28.6 Å². The zero-order chi connectivity index (χ0) is 41.5. The first kappa shape index (κ1) is 52.8. The molecule has 0 aliphatic carbocycles. The molecule has 0 aliphatic rings. The molecule has 0 heterocycles. The lowest BCUT2D eigenvalue weighted by molar-refractivity contribution is -0.167. The standard InChI is InChI=1S/C51H78O6/c1-4-7-10-13-16-19-21-23-25-27-29-32-35-38-41-44-50(53)56-47-48(46-55-49(52)43-40-37-34-31-18-15-12-9-6-3)57-51(54)45-42-39-36-33-30-28-26-24-22-20-17-14-11-8-5-2/h7-14,16-26,31,48H,4-6,15,27-30,32-47H2,1-3H3/b10-7-,11-8-,12-9-,16-13-,17-14-,21-19-,22-20-,25-23-,26-24-,31-18-. The number of allylic oxidation sites excluding steroid dienone is 20. The molecule has 0 spiro atoms. The van der Waals surface area contributed by atoms with Crippen LogP contribution in [-0.4, -0.2) is 37.2 Å². The third kappa shape index (κ3) is 42.8. The van der Waals surface area contributed by atoms with E-state index in [4.69, 9.17) is 14.2 Å². The summed E-state index contributed by atoms with van der Waals surface area (Å²) in [4.78, 5) is 37.7. The van der Waals surface area contributed by atoms with Crippen LogP contribution in [0.3, 0.4) is 0 Å². The van der Waals surface area contributed by atoms with E-state index < -0.39 is 6.10 Å². The molecular formula is C51H78O6. The number of ether oxygens (including phenoxy) is 3. The monoisotopic (exact) mass is 787 g/mol. The molecule has 6 nitrogen and oxygen atoms in total. The maximum atomic E-state index is 12.7. The van der Waals surface area contributed by atoms with Crippen LogP contribution >= 0.6 is 0 Å². The lowest BCUT2D eigenvalue weighted by Crippen LogP contribution is -2.30. The van der Waals surface area contributed by atoms with Crippen LogP contribution in [0.5, 0.6) is 0 Å². The van der Waals surface area contributed by atoms with Gasteiger partial charge >= 0.3 is 17.9 Å². The molecule has 0 saturated heterocycles. The van der Waals surface area contributed by atoms with Crippen molar-refractivity contribution in [2.24, 2.45) is 0 Å². The fourth-order valence-electron chi connectivity index (χ4n) is 5.38. The van der Waals surface area contributed by atoms with E-state index in [1.807, 2.05) is 48.6 Å². The molecule has 0 N–H and O–H groups in total. The molecule has 0 aromatic carbocycles. The first-order valence-electron chi connectivity index (χ1n) is 22.1. The third-order valence-corrected chi connectivity index (χ3v) is 8.63. The molecule has 0 rings (SSSR count). The van der Waals surface area contributed by atoms with E-state index in [-0.39, 0.29) is 37.5 Å².